The zero-order valence-corrected chi connectivity index (χ0v) is 16.8. The van der Waals surface area contributed by atoms with Gasteiger partial charge in [0.25, 0.3) is 5.91 Å². The molecule has 0 bridgehead atoms. The zero-order valence-electron chi connectivity index (χ0n) is 16.8. The van der Waals surface area contributed by atoms with Crippen LogP contribution in [0.5, 0.6) is 0 Å². The Balaban J connectivity index is 1.79. The van der Waals surface area contributed by atoms with Gasteiger partial charge < -0.3 is 15.7 Å². The maximum absolute atomic E-state index is 12.6. The van der Waals surface area contributed by atoms with Gasteiger partial charge in [0.2, 0.25) is 0 Å². The first kappa shape index (κ1) is 21.5. The molecule has 0 saturated heterocycles. The summed E-state index contributed by atoms with van der Waals surface area (Å²) in [6.07, 6.45) is 0.509. The SMILES string of the molecule is CCNCc1cnc(-c2ccc(C(=O)Nc3ccccc3NC(=O)O)cc2)c(C#N)c1. The lowest BCUT2D eigenvalue weighted by molar-refractivity contribution is 0.102. The minimum atomic E-state index is -1.22. The summed E-state index contributed by atoms with van der Waals surface area (Å²) in [5.74, 6) is -0.388. The number of benzene rings is 2. The number of nitrogens with zero attached hydrogens (tertiary/aromatic N) is 2. The normalized spacial score (nSPS) is 10.2. The Morgan fingerprint density at radius 3 is 2.35 bits per heavy atom. The maximum atomic E-state index is 12.6. The Kier molecular flexibility index (Phi) is 6.93. The van der Waals surface area contributed by atoms with Gasteiger partial charge in [0.15, 0.2) is 0 Å². The van der Waals surface area contributed by atoms with E-state index in [0.717, 1.165) is 17.7 Å². The molecule has 0 spiro atoms. The van der Waals surface area contributed by atoms with Crippen molar-refractivity contribution < 1.29 is 14.7 Å². The van der Waals surface area contributed by atoms with E-state index in [4.69, 9.17) is 5.11 Å². The summed E-state index contributed by atoms with van der Waals surface area (Å²) >= 11 is 0. The van der Waals surface area contributed by atoms with Gasteiger partial charge in [-0.3, -0.25) is 15.1 Å². The fourth-order valence-corrected chi connectivity index (χ4v) is 2.98. The number of aromatic nitrogens is 1. The number of pyridine rings is 1. The standard InChI is InChI=1S/C23H21N5O3/c1-2-25-13-15-11-18(12-24)21(26-14-15)16-7-9-17(10-8-16)22(29)27-19-5-3-4-6-20(19)28-23(30)31/h3-11,14,25,28H,2,13H2,1H3,(H,27,29)(H,30,31). The van der Waals surface area contributed by atoms with Crippen LogP contribution in [-0.4, -0.2) is 28.6 Å². The van der Waals surface area contributed by atoms with Gasteiger partial charge in [-0.05, 0) is 42.4 Å². The Morgan fingerprint density at radius 2 is 1.74 bits per heavy atom. The van der Waals surface area contributed by atoms with Crippen LogP contribution < -0.4 is 16.0 Å². The summed E-state index contributed by atoms with van der Waals surface area (Å²) in [6.45, 7) is 3.46. The fourth-order valence-electron chi connectivity index (χ4n) is 2.98. The highest BCUT2D eigenvalue weighted by atomic mass is 16.4. The lowest BCUT2D eigenvalue weighted by Gasteiger charge is -2.11. The van der Waals surface area contributed by atoms with Crippen molar-refractivity contribution in [2.45, 2.75) is 13.5 Å². The van der Waals surface area contributed by atoms with E-state index in [2.05, 4.69) is 27.0 Å². The molecule has 0 radical (unpaired) electrons. The van der Waals surface area contributed by atoms with Gasteiger partial charge in [0.05, 0.1) is 22.6 Å². The third kappa shape index (κ3) is 5.44. The lowest BCUT2D eigenvalue weighted by atomic mass is 10.0. The molecule has 0 aliphatic heterocycles. The summed E-state index contributed by atoms with van der Waals surface area (Å²) in [4.78, 5) is 28.0. The van der Waals surface area contributed by atoms with E-state index in [-0.39, 0.29) is 11.6 Å². The molecule has 3 aromatic rings. The lowest BCUT2D eigenvalue weighted by Crippen LogP contribution is -2.15. The number of para-hydroxylation sites is 2. The molecule has 0 aliphatic carbocycles. The number of anilines is 2. The smallest absolute Gasteiger partial charge is 0.409 e. The van der Waals surface area contributed by atoms with Crippen molar-refractivity contribution >= 4 is 23.4 Å². The first-order chi connectivity index (χ1) is 15.0. The van der Waals surface area contributed by atoms with E-state index < -0.39 is 6.09 Å². The van der Waals surface area contributed by atoms with Crippen LogP contribution in [0.25, 0.3) is 11.3 Å². The van der Waals surface area contributed by atoms with Crippen LogP contribution in [0, 0.1) is 11.3 Å². The minimum Gasteiger partial charge on any atom is -0.465 e. The first-order valence-electron chi connectivity index (χ1n) is 9.62. The molecule has 1 aromatic heterocycles. The van der Waals surface area contributed by atoms with Gasteiger partial charge in [-0.2, -0.15) is 5.26 Å². The highest BCUT2D eigenvalue weighted by molar-refractivity contribution is 6.07. The number of hydrogen-bond donors (Lipinski definition) is 4. The largest absolute Gasteiger partial charge is 0.465 e. The molecule has 0 fully saturated rings. The Bertz CT molecular complexity index is 1140. The topological polar surface area (TPSA) is 127 Å². The summed E-state index contributed by atoms with van der Waals surface area (Å²) in [5, 5.41) is 26.6. The average molecular weight is 415 g/mol. The molecule has 0 aliphatic rings. The number of nitriles is 1. The molecule has 156 valence electrons. The number of rotatable bonds is 7. The van der Waals surface area contributed by atoms with Crippen LogP contribution in [0.2, 0.25) is 0 Å². The highest BCUT2D eigenvalue weighted by Crippen LogP contribution is 2.24. The van der Waals surface area contributed by atoms with Crippen molar-refractivity contribution in [1.29, 1.82) is 5.26 Å². The molecule has 0 unspecified atom stereocenters. The second kappa shape index (κ2) is 10.0. The van der Waals surface area contributed by atoms with Crippen LogP contribution in [0.3, 0.4) is 0 Å². The van der Waals surface area contributed by atoms with E-state index in [1.54, 1.807) is 60.8 Å². The molecule has 0 saturated carbocycles. The fraction of sp³-hybridized carbons (Fsp3) is 0.130. The number of amides is 2. The van der Waals surface area contributed by atoms with E-state index in [9.17, 15) is 14.9 Å². The second-order valence-corrected chi connectivity index (χ2v) is 6.64. The van der Waals surface area contributed by atoms with Gasteiger partial charge in [-0.25, -0.2) is 4.79 Å². The third-order valence-corrected chi connectivity index (χ3v) is 4.48. The van der Waals surface area contributed by atoms with Crippen molar-refractivity contribution in [3.05, 3.63) is 77.5 Å². The second-order valence-electron chi connectivity index (χ2n) is 6.64. The number of hydrogen-bond acceptors (Lipinski definition) is 5. The van der Waals surface area contributed by atoms with Crippen LogP contribution in [0.1, 0.15) is 28.4 Å². The number of carbonyl (C=O) groups excluding carboxylic acids is 1. The van der Waals surface area contributed by atoms with E-state index in [1.165, 1.54) is 0 Å². The van der Waals surface area contributed by atoms with Gasteiger partial charge in [-0.15, -0.1) is 0 Å². The molecular formula is C23H21N5O3. The number of carbonyl (C=O) groups is 2. The summed E-state index contributed by atoms with van der Waals surface area (Å²) in [5.41, 5.74) is 3.66. The zero-order chi connectivity index (χ0) is 22.2. The summed E-state index contributed by atoms with van der Waals surface area (Å²) < 4.78 is 0. The number of carboxylic acid groups (broad SMARTS) is 1. The predicted octanol–water partition coefficient (Wildman–Crippen LogP) is 4.07. The van der Waals surface area contributed by atoms with E-state index in [1.807, 2.05) is 6.92 Å². The molecule has 1 heterocycles. The quantitative estimate of drug-likeness (QED) is 0.461. The molecule has 0 atom stereocenters. The molecule has 2 amide bonds. The Labute approximate surface area is 179 Å². The molecule has 3 rings (SSSR count). The van der Waals surface area contributed by atoms with Crippen molar-refractivity contribution in [2.24, 2.45) is 0 Å². The Morgan fingerprint density at radius 1 is 1.06 bits per heavy atom. The average Bonchev–Trinajstić information content (AvgIpc) is 2.78. The number of nitrogens with one attached hydrogen (secondary N) is 3. The molecular weight excluding hydrogens is 394 g/mol. The molecule has 8 nitrogen and oxygen atoms in total. The van der Waals surface area contributed by atoms with Crippen molar-refractivity contribution in [3.63, 3.8) is 0 Å². The van der Waals surface area contributed by atoms with Gasteiger partial charge in [-0.1, -0.05) is 31.2 Å². The van der Waals surface area contributed by atoms with Crippen LogP contribution in [0.15, 0.2) is 60.8 Å². The highest BCUT2D eigenvalue weighted by Gasteiger charge is 2.12. The molecule has 31 heavy (non-hydrogen) atoms. The first-order valence-corrected chi connectivity index (χ1v) is 9.62. The summed E-state index contributed by atoms with van der Waals surface area (Å²) in [7, 11) is 0. The summed E-state index contributed by atoms with van der Waals surface area (Å²) in [6, 6.07) is 17.2. The minimum absolute atomic E-state index is 0.278. The molecule has 8 heteroatoms. The molecule has 2 aromatic carbocycles. The van der Waals surface area contributed by atoms with Crippen molar-refractivity contribution in [1.82, 2.24) is 10.3 Å². The monoisotopic (exact) mass is 415 g/mol. The molecule has 4 N–H and O–H groups in total. The Hall–Kier alpha value is -4.22. The van der Waals surface area contributed by atoms with E-state index in [0.29, 0.717) is 29.1 Å². The van der Waals surface area contributed by atoms with Crippen molar-refractivity contribution in [2.75, 3.05) is 17.2 Å². The van der Waals surface area contributed by atoms with Gasteiger partial charge >= 0.3 is 6.09 Å². The maximum Gasteiger partial charge on any atom is 0.409 e. The van der Waals surface area contributed by atoms with Crippen LogP contribution in [-0.2, 0) is 6.54 Å². The predicted molar refractivity (Wildman–Crippen MR) is 118 cm³/mol. The van der Waals surface area contributed by atoms with Crippen LogP contribution >= 0.6 is 0 Å². The van der Waals surface area contributed by atoms with Crippen molar-refractivity contribution in [3.8, 4) is 17.3 Å². The van der Waals surface area contributed by atoms with E-state index >= 15 is 0 Å². The van der Waals surface area contributed by atoms with Gasteiger partial charge in [0, 0.05) is 23.9 Å². The van der Waals surface area contributed by atoms with Crippen LogP contribution in [0.4, 0.5) is 16.2 Å². The third-order valence-electron chi connectivity index (χ3n) is 4.48. The van der Waals surface area contributed by atoms with Gasteiger partial charge in [0.1, 0.15) is 6.07 Å².